The van der Waals surface area contributed by atoms with Gasteiger partial charge in [0.25, 0.3) is 0 Å². The molecule has 0 spiro atoms. The molecule has 7 nitrogen and oxygen atoms in total. The molecule has 0 radical (unpaired) electrons. The van der Waals surface area contributed by atoms with E-state index in [1.54, 1.807) is 12.1 Å². The van der Waals surface area contributed by atoms with E-state index < -0.39 is 0 Å². The molecule has 4 rings (SSSR count). The van der Waals surface area contributed by atoms with Crippen molar-refractivity contribution in [3.05, 3.63) is 66.1 Å². The molecule has 0 saturated heterocycles. The van der Waals surface area contributed by atoms with Crippen LogP contribution in [0, 0.1) is 5.82 Å². The van der Waals surface area contributed by atoms with Crippen LogP contribution in [0.15, 0.2) is 53.1 Å². The number of carbonyl (C=O) groups excluding carboxylic acids is 1. The summed E-state index contributed by atoms with van der Waals surface area (Å²) >= 11 is 0. The van der Waals surface area contributed by atoms with Crippen molar-refractivity contribution in [2.24, 2.45) is 7.05 Å². The van der Waals surface area contributed by atoms with Gasteiger partial charge in [-0.25, -0.2) is 9.37 Å². The van der Waals surface area contributed by atoms with Crippen molar-refractivity contribution in [3.63, 3.8) is 0 Å². The Morgan fingerprint density at radius 3 is 2.71 bits per heavy atom. The predicted octanol–water partition coefficient (Wildman–Crippen LogP) is 3.01. The number of fused-ring (bicyclic) bond motifs is 1. The minimum Gasteiger partial charge on any atom is -0.349 e. The van der Waals surface area contributed by atoms with E-state index in [-0.39, 0.29) is 18.1 Å². The fraction of sp³-hybridized carbons (Fsp3) is 0.200. The number of aryl methyl sites for hydroxylation is 2. The first-order valence-electron chi connectivity index (χ1n) is 8.86. The number of nitrogens with zero attached hydrogens (tertiary/aromatic N) is 4. The molecule has 28 heavy (non-hydrogen) atoms. The average Bonchev–Trinajstić information content (AvgIpc) is 3.30. The van der Waals surface area contributed by atoms with Crippen LogP contribution in [-0.4, -0.2) is 25.6 Å². The normalized spacial score (nSPS) is 11.1. The van der Waals surface area contributed by atoms with Crippen LogP contribution >= 0.6 is 0 Å². The first-order chi connectivity index (χ1) is 13.6. The molecule has 4 aromatic rings. The Bertz CT molecular complexity index is 1120. The highest BCUT2D eigenvalue weighted by molar-refractivity contribution is 5.77. The Morgan fingerprint density at radius 2 is 1.93 bits per heavy atom. The van der Waals surface area contributed by atoms with Gasteiger partial charge < -0.3 is 14.4 Å². The zero-order valence-corrected chi connectivity index (χ0v) is 15.2. The molecule has 2 aromatic carbocycles. The number of hydrogen-bond donors (Lipinski definition) is 1. The quantitative estimate of drug-likeness (QED) is 0.557. The lowest BCUT2D eigenvalue weighted by atomic mass is 10.2. The molecule has 0 atom stereocenters. The van der Waals surface area contributed by atoms with Crippen LogP contribution in [-0.2, 0) is 24.8 Å². The Morgan fingerprint density at radius 1 is 1.14 bits per heavy atom. The summed E-state index contributed by atoms with van der Waals surface area (Å²) in [5.74, 6) is 1.05. The van der Waals surface area contributed by atoms with Gasteiger partial charge in [-0.1, -0.05) is 17.3 Å². The largest absolute Gasteiger partial charge is 0.349 e. The van der Waals surface area contributed by atoms with Crippen LogP contribution in [0.5, 0.6) is 0 Å². The van der Waals surface area contributed by atoms with Gasteiger partial charge in [0.15, 0.2) is 0 Å². The molecule has 0 aliphatic carbocycles. The van der Waals surface area contributed by atoms with E-state index in [2.05, 4.69) is 20.4 Å². The van der Waals surface area contributed by atoms with Crippen LogP contribution in [0.3, 0.4) is 0 Å². The van der Waals surface area contributed by atoms with Crippen molar-refractivity contribution in [1.82, 2.24) is 25.0 Å². The van der Waals surface area contributed by atoms with E-state index in [0.29, 0.717) is 30.2 Å². The van der Waals surface area contributed by atoms with Gasteiger partial charge in [-0.3, -0.25) is 4.79 Å². The maximum absolute atomic E-state index is 13.0. The lowest BCUT2D eigenvalue weighted by molar-refractivity contribution is -0.121. The highest BCUT2D eigenvalue weighted by Gasteiger charge is 2.12. The summed E-state index contributed by atoms with van der Waals surface area (Å²) in [6.07, 6.45) is 0.539. The minimum absolute atomic E-state index is 0.131. The van der Waals surface area contributed by atoms with Gasteiger partial charge >= 0.3 is 0 Å². The number of carbonyl (C=O) groups is 1. The summed E-state index contributed by atoms with van der Waals surface area (Å²) in [6, 6.07) is 13.6. The van der Waals surface area contributed by atoms with Crippen molar-refractivity contribution in [1.29, 1.82) is 0 Å². The standard InChI is InChI=1S/C20H18FN5O2/c1-26-16-5-3-2-4-15(16)23-17(26)12-22-18(27)10-11-19-24-20(25-28-19)13-6-8-14(21)9-7-13/h2-9H,10-12H2,1H3,(H,22,27). The first kappa shape index (κ1) is 17.8. The number of amides is 1. The van der Waals surface area contributed by atoms with Gasteiger partial charge in [-0.15, -0.1) is 0 Å². The molecule has 0 aliphatic rings. The van der Waals surface area contributed by atoms with Crippen LogP contribution in [0.4, 0.5) is 4.39 Å². The van der Waals surface area contributed by atoms with E-state index in [1.807, 2.05) is 35.9 Å². The van der Waals surface area contributed by atoms with Crippen molar-refractivity contribution in [2.75, 3.05) is 0 Å². The molecule has 0 fully saturated rings. The van der Waals surface area contributed by atoms with Crippen molar-refractivity contribution >= 4 is 16.9 Å². The Labute approximate surface area is 160 Å². The third-order valence-corrected chi connectivity index (χ3v) is 4.46. The minimum atomic E-state index is -0.329. The van der Waals surface area contributed by atoms with Gasteiger partial charge in [0.05, 0.1) is 17.6 Å². The molecule has 8 heteroatoms. The number of hydrogen-bond acceptors (Lipinski definition) is 5. The average molecular weight is 379 g/mol. The summed E-state index contributed by atoms with van der Waals surface area (Å²) in [6.45, 7) is 0.342. The van der Waals surface area contributed by atoms with E-state index in [0.717, 1.165) is 16.9 Å². The number of rotatable bonds is 6. The highest BCUT2D eigenvalue weighted by Crippen LogP contribution is 2.17. The monoisotopic (exact) mass is 379 g/mol. The molecule has 2 aromatic heterocycles. The van der Waals surface area contributed by atoms with Crippen molar-refractivity contribution in [3.8, 4) is 11.4 Å². The third kappa shape index (κ3) is 3.75. The highest BCUT2D eigenvalue weighted by atomic mass is 19.1. The summed E-state index contributed by atoms with van der Waals surface area (Å²) < 4.78 is 20.1. The maximum Gasteiger partial charge on any atom is 0.227 e. The molecule has 2 heterocycles. The van der Waals surface area contributed by atoms with E-state index in [4.69, 9.17) is 4.52 Å². The number of halogens is 1. The third-order valence-electron chi connectivity index (χ3n) is 4.46. The molecule has 0 aliphatic heterocycles. The molecular weight excluding hydrogens is 361 g/mol. The molecule has 0 unspecified atom stereocenters. The molecule has 1 amide bonds. The fourth-order valence-electron chi connectivity index (χ4n) is 2.91. The second-order valence-electron chi connectivity index (χ2n) is 6.37. The summed E-state index contributed by atoms with van der Waals surface area (Å²) in [4.78, 5) is 20.9. The maximum atomic E-state index is 13.0. The number of nitrogens with one attached hydrogen (secondary N) is 1. The van der Waals surface area contributed by atoms with E-state index >= 15 is 0 Å². The second-order valence-corrected chi connectivity index (χ2v) is 6.37. The lowest BCUT2D eigenvalue weighted by Crippen LogP contribution is -2.24. The van der Waals surface area contributed by atoms with Gasteiger partial charge in [0.1, 0.15) is 11.6 Å². The van der Waals surface area contributed by atoms with Gasteiger partial charge in [-0.2, -0.15) is 4.98 Å². The number of imidazole rings is 1. The second kappa shape index (κ2) is 7.59. The van der Waals surface area contributed by atoms with Crippen LogP contribution < -0.4 is 5.32 Å². The molecular formula is C20H18FN5O2. The molecule has 142 valence electrons. The summed E-state index contributed by atoms with van der Waals surface area (Å²) in [5, 5.41) is 6.73. The summed E-state index contributed by atoms with van der Waals surface area (Å²) in [5.41, 5.74) is 2.57. The van der Waals surface area contributed by atoms with Crippen LogP contribution in [0.25, 0.3) is 22.4 Å². The molecule has 0 bridgehead atoms. The first-order valence-corrected chi connectivity index (χ1v) is 8.86. The fourth-order valence-corrected chi connectivity index (χ4v) is 2.91. The number of benzene rings is 2. The molecule has 1 N–H and O–H groups in total. The van der Waals surface area contributed by atoms with E-state index in [1.165, 1.54) is 12.1 Å². The zero-order chi connectivity index (χ0) is 19.5. The molecule has 0 saturated carbocycles. The zero-order valence-electron chi connectivity index (χ0n) is 15.2. The Balaban J connectivity index is 1.32. The number of para-hydroxylation sites is 2. The smallest absolute Gasteiger partial charge is 0.227 e. The van der Waals surface area contributed by atoms with Gasteiger partial charge in [0, 0.05) is 25.5 Å². The van der Waals surface area contributed by atoms with Crippen molar-refractivity contribution in [2.45, 2.75) is 19.4 Å². The SMILES string of the molecule is Cn1c(CNC(=O)CCc2nc(-c3ccc(F)cc3)no2)nc2ccccc21. The van der Waals surface area contributed by atoms with E-state index in [9.17, 15) is 9.18 Å². The van der Waals surface area contributed by atoms with Crippen molar-refractivity contribution < 1.29 is 13.7 Å². The lowest BCUT2D eigenvalue weighted by Gasteiger charge is -2.04. The van der Waals surface area contributed by atoms with Crippen LogP contribution in [0.1, 0.15) is 18.1 Å². The topological polar surface area (TPSA) is 85.8 Å². The Hall–Kier alpha value is -3.55. The number of aromatic nitrogens is 4. The van der Waals surface area contributed by atoms with Gasteiger partial charge in [0.2, 0.25) is 17.6 Å². The predicted molar refractivity (Wildman–Crippen MR) is 101 cm³/mol. The summed E-state index contributed by atoms with van der Waals surface area (Å²) in [7, 11) is 1.92. The Kier molecular flexibility index (Phi) is 4.84. The van der Waals surface area contributed by atoms with Crippen LogP contribution in [0.2, 0.25) is 0 Å². The van der Waals surface area contributed by atoms with Gasteiger partial charge in [-0.05, 0) is 36.4 Å².